The maximum atomic E-state index is 10.4. The van der Waals surface area contributed by atoms with Crippen molar-refractivity contribution in [3.63, 3.8) is 0 Å². The minimum Gasteiger partial charge on any atom is -0.189 e. The van der Waals surface area contributed by atoms with Crippen LogP contribution in [0.1, 0.15) is 22.3 Å². The Bertz CT molecular complexity index is 60.4. The second-order valence-corrected chi connectivity index (χ2v) is 0.758. The van der Waals surface area contributed by atoms with Gasteiger partial charge < -0.3 is 0 Å². The molecule has 0 atom stereocenters. The fourth-order valence-electron chi connectivity index (χ4n) is 0. The Hall–Kier alpha value is 0.449. The van der Waals surface area contributed by atoms with Crippen LogP contribution in [-0.4, -0.2) is 30.1 Å². The molecule has 0 aromatic carbocycles. The quantitative estimate of drug-likeness (QED) is 0.472. The van der Waals surface area contributed by atoms with Gasteiger partial charge in [-0.2, -0.15) is 22.0 Å². The van der Waals surface area contributed by atoms with Crippen LogP contribution in [0.5, 0.6) is 0 Å². The van der Waals surface area contributed by atoms with E-state index in [9.17, 15) is 22.0 Å². The summed E-state index contributed by atoms with van der Waals surface area (Å²) in [6.07, 6.45) is -8.92. The van der Waals surface area contributed by atoms with Crippen molar-refractivity contribution in [1.82, 2.24) is 0 Å². The summed E-state index contributed by atoms with van der Waals surface area (Å²) in [4.78, 5) is 0. The van der Waals surface area contributed by atoms with E-state index in [1.54, 1.807) is 0 Å². The van der Waals surface area contributed by atoms with Crippen molar-refractivity contribution >= 4 is 23.9 Å². The van der Waals surface area contributed by atoms with Crippen LogP contribution in [0.15, 0.2) is 0 Å². The molecule has 0 saturated carbocycles. The first-order chi connectivity index (χ1) is 2.94. The maximum Gasteiger partial charge on any atom is 0.460 e. The van der Waals surface area contributed by atoms with E-state index in [0.717, 1.165) is 0 Å². The smallest absolute Gasteiger partial charge is 0.189 e. The number of alkyl halides is 3. The predicted molar refractivity (Wildman–Crippen MR) is 37.5 cm³/mol. The fourth-order valence-corrected chi connectivity index (χ4v) is 0. The monoisotopic (exact) mass is 287 g/mol. The van der Waals surface area contributed by atoms with E-state index in [1.807, 2.05) is 0 Å². The van der Waals surface area contributed by atoms with Gasteiger partial charge in [0.05, 0.1) is 0 Å². The van der Waals surface area contributed by atoms with Crippen LogP contribution in [0.2, 0.25) is 0 Å². The molecule has 0 unspecified atom stereocenters. The molecule has 0 bridgehead atoms. The van der Waals surface area contributed by atoms with Gasteiger partial charge in [-0.25, -0.2) is 0 Å². The normalized spacial score (nSPS) is 8.18. The molecule has 0 aliphatic rings. The molecule has 0 aliphatic carbocycles. The largest absolute Gasteiger partial charge is 0.460 e. The van der Waals surface area contributed by atoms with Gasteiger partial charge >= 0.3 is 12.6 Å². The Labute approximate surface area is 81.1 Å². The average molecular weight is 286 g/mol. The molecule has 0 nitrogen and oxygen atoms in total. The molecule has 0 amide bonds. The van der Waals surface area contributed by atoms with Crippen molar-refractivity contribution in [1.29, 1.82) is 0 Å². The summed E-state index contributed by atoms with van der Waals surface area (Å²) in [5.74, 6) is 0. The molecule has 0 spiro atoms. The zero-order chi connectivity index (χ0) is 6.08. The Morgan fingerprint density at radius 3 is 0.909 bits per heavy atom. The number of hydrogen-bond acceptors (Lipinski definition) is 0. The zero-order valence-corrected chi connectivity index (χ0v) is 6.24. The summed E-state index contributed by atoms with van der Waals surface area (Å²) in [5, 5.41) is 0. The van der Waals surface area contributed by atoms with Gasteiger partial charge in [-0.05, 0) is 0 Å². The van der Waals surface area contributed by atoms with Gasteiger partial charge in [-0.15, -0.1) is 0 Å². The van der Waals surface area contributed by atoms with Gasteiger partial charge in [0.2, 0.25) is 0 Å². The first-order valence-electron chi connectivity index (χ1n) is 1.19. The third-order valence-electron chi connectivity index (χ3n) is 0.214. The van der Waals surface area contributed by atoms with E-state index in [-0.39, 0.29) is 46.2 Å². The minimum atomic E-state index is -5.42. The SMILES string of the molecule is C.C.C.F[C](F)C(F)(F)F.[Sn]. The van der Waals surface area contributed by atoms with Crippen molar-refractivity contribution in [3.8, 4) is 0 Å². The van der Waals surface area contributed by atoms with Gasteiger partial charge in [0.1, 0.15) is 0 Å². The Kier molecular flexibility index (Phi) is 28.5. The average Bonchev–Trinajstić information content (AvgIpc) is 1.31. The van der Waals surface area contributed by atoms with Gasteiger partial charge in [0.15, 0.2) is 0 Å². The summed E-state index contributed by atoms with van der Waals surface area (Å²) in [7, 11) is 0. The van der Waals surface area contributed by atoms with Crippen LogP contribution < -0.4 is 0 Å². The number of hydrogen-bond donors (Lipinski definition) is 0. The summed E-state index contributed by atoms with van der Waals surface area (Å²) in [6.45, 7) is 0. The second-order valence-electron chi connectivity index (χ2n) is 0.758. The van der Waals surface area contributed by atoms with Crippen LogP contribution in [0, 0.1) is 6.43 Å². The van der Waals surface area contributed by atoms with Crippen LogP contribution in [0.25, 0.3) is 0 Å². The molecule has 6 heteroatoms. The van der Waals surface area contributed by atoms with E-state index in [4.69, 9.17) is 0 Å². The summed E-state index contributed by atoms with van der Waals surface area (Å²) in [5.41, 5.74) is 0. The van der Waals surface area contributed by atoms with E-state index in [1.165, 1.54) is 0 Å². The van der Waals surface area contributed by atoms with Crippen molar-refractivity contribution in [2.24, 2.45) is 0 Å². The van der Waals surface area contributed by atoms with E-state index in [0.29, 0.717) is 0 Å². The van der Waals surface area contributed by atoms with E-state index >= 15 is 0 Å². The Balaban J connectivity index is -0.0000000300. The van der Waals surface area contributed by atoms with Crippen LogP contribution >= 0.6 is 0 Å². The molecule has 0 aromatic heterocycles. The van der Waals surface area contributed by atoms with Crippen molar-refractivity contribution < 1.29 is 22.0 Å². The first-order valence-corrected chi connectivity index (χ1v) is 1.19. The molecule has 71 valence electrons. The first kappa shape index (κ1) is 30.1. The fraction of sp³-hybridized carbons (Fsp3) is 0.800. The minimum absolute atomic E-state index is 0. The van der Waals surface area contributed by atoms with Crippen molar-refractivity contribution in [2.45, 2.75) is 28.5 Å². The van der Waals surface area contributed by atoms with Crippen molar-refractivity contribution in [3.05, 3.63) is 6.43 Å². The Morgan fingerprint density at radius 1 is 0.818 bits per heavy atom. The van der Waals surface area contributed by atoms with Crippen molar-refractivity contribution in [2.75, 3.05) is 0 Å². The Morgan fingerprint density at radius 2 is 0.909 bits per heavy atom. The van der Waals surface area contributed by atoms with Gasteiger partial charge in [-0.3, -0.25) is 0 Å². The van der Waals surface area contributed by atoms with E-state index in [2.05, 4.69) is 0 Å². The van der Waals surface area contributed by atoms with Gasteiger partial charge in [0.25, 0.3) is 0 Å². The summed E-state index contributed by atoms with van der Waals surface area (Å²) >= 11 is 0. The van der Waals surface area contributed by atoms with E-state index < -0.39 is 12.6 Å². The molecular formula is C5H12F5Sn. The van der Waals surface area contributed by atoms with Crippen LogP contribution in [-0.2, 0) is 0 Å². The number of rotatable bonds is 0. The standard InChI is InChI=1S/C2F5.3CH4.Sn/c3-1(4)2(5,6)7;;;;/h;3*1H4;. The molecule has 11 heavy (non-hydrogen) atoms. The number of halogens is 5. The predicted octanol–water partition coefficient (Wildman–Crippen LogP) is 3.50. The molecule has 5 radical (unpaired) electrons. The second kappa shape index (κ2) is 10.4. The molecule has 0 aliphatic heterocycles. The van der Waals surface area contributed by atoms with Gasteiger partial charge in [0, 0.05) is 23.9 Å². The summed E-state index contributed by atoms with van der Waals surface area (Å²) < 4.78 is 51.8. The maximum absolute atomic E-state index is 10.4. The molecule has 0 aromatic rings. The molecule has 0 rings (SSSR count). The van der Waals surface area contributed by atoms with Crippen LogP contribution in [0.4, 0.5) is 22.0 Å². The molecule has 0 heterocycles. The van der Waals surface area contributed by atoms with Gasteiger partial charge in [-0.1, -0.05) is 22.3 Å². The third-order valence-corrected chi connectivity index (χ3v) is 0.214. The third kappa shape index (κ3) is 17.9. The molecule has 0 saturated heterocycles. The zero-order valence-electron chi connectivity index (χ0n) is 3.39. The molecule has 0 fully saturated rings. The topological polar surface area (TPSA) is 0 Å². The summed E-state index contributed by atoms with van der Waals surface area (Å²) in [6, 6.07) is 0. The molecular weight excluding hydrogens is 274 g/mol. The molecule has 0 N–H and O–H groups in total. The van der Waals surface area contributed by atoms with Crippen LogP contribution in [0.3, 0.4) is 0 Å².